The van der Waals surface area contributed by atoms with Gasteiger partial charge in [-0.15, -0.1) is 0 Å². The third-order valence-electron chi connectivity index (χ3n) is 8.93. The summed E-state index contributed by atoms with van der Waals surface area (Å²) in [5.41, 5.74) is 8.59. The van der Waals surface area contributed by atoms with Gasteiger partial charge in [-0.25, -0.2) is 8.42 Å². The number of Topliss-reactive ketones (excluding diaryl/α,β-unsaturated/α-hetero) is 1. The fourth-order valence-corrected chi connectivity index (χ4v) is 7.96. The molecule has 4 rings (SSSR count). The lowest BCUT2D eigenvalue weighted by Crippen LogP contribution is -2.45. The fourth-order valence-electron chi connectivity index (χ4n) is 6.21. The zero-order chi connectivity index (χ0) is 32.9. The molecule has 1 amide bonds. The number of amides is 1. The van der Waals surface area contributed by atoms with Crippen molar-refractivity contribution in [1.29, 1.82) is 5.41 Å². The zero-order valence-electron chi connectivity index (χ0n) is 26.4. The van der Waals surface area contributed by atoms with Gasteiger partial charge in [-0.1, -0.05) is 86.7 Å². The van der Waals surface area contributed by atoms with E-state index in [1.54, 1.807) is 48.5 Å². The third-order valence-corrected chi connectivity index (χ3v) is 10.6. The maximum atomic E-state index is 13.9. The summed E-state index contributed by atoms with van der Waals surface area (Å²) in [5.74, 6) is -1.39. The molecule has 9 nitrogen and oxygen atoms in total. The van der Waals surface area contributed by atoms with E-state index in [9.17, 15) is 23.2 Å². The summed E-state index contributed by atoms with van der Waals surface area (Å²) in [6.45, 7) is 0. The molecule has 0 spiro atoms. The molecule has 0 unspecified atom stereocenters. The van der Waals surface area contributed by atoms with E-state index in [4.69, 9.17) is 11.1 Å². The summed E-state index contributed by atoms with van der Waals surface area (Å²) in [6, 6.07) is 18.7. The number of nitrogens with two attached hydrogens (primary N) is 1. The van der Waals surface area contributed by atoms with Gasteiger partial charge in [-0.3, -0.25) is 15.0 Å². The molecule has 246 valence electrons. The number of nitrogens with zero attached hydrogens (tertiary/aromatic N) is 1. The van der Waals surface area contributed by atoms with Gasteiger partial charge in [0, 0.05) is 24.1 Å². The molecule has 46 heavy (non-hydrogen) atoms. The number of rotatable bonds is 17. The highest BCUT2D eigenvalue weighted by molar-refractivity contribution is 7.90. The molecule has 0 aliphatic heterocycles. The maximum absolute atomic E-state index is 13.9. The fraction of sp³-hybridized carbons (Fsp3) is 0.444. The quantitative estimate of drug-likeness (QED) is 0.0827. The second-order valence-electron chi connectivity index (χ2n) is 12.6. The predicted octanol–water partition coefficient (Wildman–Crippen LogP) is 4.82. The van der Waals surface area contributed by atoms with E-state index in [0.29, 0.717) is 41.0 Å². The Bertz CT molecular complexity index is 1540. The van der Waals surface area contributed by atoms with Crippen LogP contribution in [0.4, 0.5) is 0 Å². The van der Waals surface area contributed by atoms with Crippen LogP contribution in [0.2, 0.25) is 0 Å². The number of hydrogen-bond acceptors (Lipinski definition) is 6. The van der Waals surface area contributed by atoms with E-state index in [1.807, 2.05) is 18.2 Å². The Morgan fingerprint density at radius 1 is 0.891 bits per heavy atom. The number of carbonyl (C=O) groups excluding carboxylic acids is 2. The number of amidine groups is 1. The molecule has 1 aliphatic rings. The molecule has 1 fully saturated rings. The molecule has 1 saturated carbocycles. The van der Waals surface area contributed by atoms with E-state index in [1.165, 1.54) is 31.7 Å². The number of sulfone groups is 1. The molecular weight excluding hydrogens is 600 g/mol. The maximum Gasteiger partial charge on any atom is 0.224 e. The number of pyridine rings is 1. The minimum Gasteiger partial charge on any atom is -0.619 e. The van der Waals surface area contributed by atoms with Crippen LogP contribution in [0.15, 0.2) is 79.1 Å². The van der Waals surface area contributed by atoms with E-state index in [0.717, 1.165) is 30.4 Å². The average Bonchev–Trinajstić information content (AvgIpc) is 3.05. The van der Waals surface area contributed by atoms with Crippen molar-refractivity contribution in [1.82, 2.24) is 5.32 Å². The Morgan fingerprint density at radius 3 is 2.20 bits per heavy atom. The lowest BCUT2D eigenvalue weighted by molar-refractivity contribution is -0.605. The summed E-state index contributed by atoms with van der Waals surface area (Å²) < 4.78 is 27.3. The highest BCUT2D eigenvalue weighted by Crippen LogP contribution is 2.28. The minimum atomic E-state index is -3.66. The van der Waals surface area contributed by atoms with Crippen LogP contribution in [0.1, 0.15) is 80.0 Å². The molecule has 3 aromatic rings. The Kier molecular flexibility index (Phi) is 12.9. The van der Waals surface area contributed by atoms with Gasteiger partial charge in [0.1, 0.15) is 5.84 Å². The molecule has 1 heterocycles. The van der Waals surface area contributed by atoms with Crippen LogP contribution in [0.3, 0.4) is 0 Å². The minimum absolute atomic E-state index is 0.0187. The van der Waals surface area contributed by atoms with Crippen LogP contribution in [0.5, 0.6) is 0 Å². The molecule has 1 aliphatic carbocycles. The molecule has 0 bridgehead atoms. The third kappa shape index (κ3) is 11.4. The number of nitrogens with one attached hydrogen (secondary N) is 2. The monoisotopic (exact) mass is 646 g/mol. The second kappa shape index (κ2) is 17.0. The number of aromatic nitrogens is 1. The Balaban J connectivity index is 1.48. The number of benzene rings is 2. The van der Waals surface area contributed by atoms with E-state index >= 15 is 0 Å². The molecule has 1 aromatic heterocycles. The number of nitrogen functional groups attached to an aromatic ring is 1. The highest BCUT2D eigenvalue weighted by Gasteiger charge is 2.30. The molecule has 2 atom stereocenters. The van der Waals surface area contributed by atoms with Crippen molar-refractivity contribution in [3.05, 3.63) is 107 Å². The zero-order valence-corrected chi connectivity index (χ0v) is 27.2. The van der Waals surface area contributed by atoms with Gasteiger partial charge < -0.3 is 16.3 Å². The van der Waals surface area contributed by atoms with Crippen molar-refractivity contribution in [3.63, 3.8) is 0 Å². The molecule has 2 aromatic carbocycles. The first-order chi connectivity index (χ1) is 22.1. The first-order valence-corrected chi connectivity index (χ1v) is 18.1. The average molecular weight is 647 g/mol. The van der Waals surface area contributed by atoms with Gasteiger partial charge in [-0.2, -0.15) is 4.73 Å². The first kappa shape index (κ1) is 34.8. The van der Waals surface area contributed by atoms with Gasteiger partial charge >= 0.3 is 0 Å². The summed E-state index contributed by atoms with van der Waals surface area (Å²) in [4.78, 5) is 27.5. The lowest BCUT2D eigenvalue weighted by Gasteiger charge is -2.26. The van der Waals surface area contributed by atoms with Crippen molar-refractivity contribution in [2.24, 2.45) is 17.6 Å². The van der Waals surface area contributed by atoms with Gasteiger partial charge in [0.15, 0.2) is 28.0 Å². The summed E-state index contributed by atoms with van der Waals surface area (Å²) in [5, 5.41) is 22.1. The van der Waals surface area contributed by atoms with Crippen LogP contribution in [0.25, 0.3) is 0 Å². The van der Waals surface area contributed by atoms with Gasteiger partial charge in [-0.05, 0) is 54.7 Å². The van der Waals surface area contributed by atoms with Crippen molar-refractivity contribution < 1.29 is 22.7 Å². The Morgan fingerprint density at radius 2 is 1.54 bits per heavy atom. The number of ketones is 1. The van der Waals surface area contributed by atoms with Crippen molar-refractivity contribution in [2.75, 3.05) is 5.75 Å². The van der Waals surface area contributed by atoms with Crippen LogP contribution >= 0.6 is 0 Å². The second-order valence-corrected chi connectivity index (χ2v) is 14.7. The predicted molar refractivity (Wildman–Crippen MR) is 180 cm³/mol. The van der Waals surface area contributed by atoms with E-state index in [-0.39, 0.29) is 36.0 Å². The smallest absolute Gasteiger partial charge is 0.224 e. The van der Waals surface area contributed by atoms with Gasteiger partial charge in [0.2, 0.25) is 5.91 Å². The molecule has 4 N–H and O–H groups in total. The summed E-state index contributed by atoms with van der Waals surface area (Å²) in [6.07, 6.45) is 11.3. The SMILES string of the molecule is N=C(N)c1ccc(CCC(=O)[C@H](CCC2CCCCC2)NC(=O)[C@@H](CCc2cc[n+]([O-])cc2)CS(=O)(=O)Cc2ccccc2)cc1. The number of aryl methyl sites for hydroxylation is 2. The van der Waals surface area contributed by atoms with E-state index < -0.39 is 27.7 Å². The largest absolute Gasteiger partial charge is 0.619 e. The van der Waals surface area contributed by atoms with E-state index in [2.05, 4.69) is 5.32 Å². The van der Waals surface area contributed by atoms with Crippen LogP contribution in [0, 0.1) is 22.5 Å². The Hall–Kier alpha value is -4.05. The number of hydrogen-bond donors (Lipinski definition) is 3. The number of carbonyl (C=O) groups is 2. The Labute approximate surface area is 272 Å². The lowest BCUT2D eigenvalue weighted by atomic mass is 9.84. The normalized spacial score (nSPS) is 15.1. The topological polar surface area (TPSA) is 157 Å². The van der Waals surface area contributed by atoms with Crippen molar-refractivity contribution in [2.45, 2.75) is 82.4 Å². The molecule has 10 heteroatoms. The molecule has 0 saturated heterocycles. The molecular formula is C36H46N4O5S. The molecule has 0 radical (unpaired) electrons. The first-order valence-electron chi connectivity index (χ1n) is 16.3. The van der Waals surface area contributed by atoms with Crippen LogP contribution < -0.4 is 15.8 Å². The standard InChI is InChI=1S/C36H46N4O5S/c37-35(38)31-16-11-28(12-17-31)15-20-34(41)33(19-14-27-7-3-1-4-8-27)39-36(42)32(18-13-29-21-23-40(43)24-22-29)26-46(44,45)25-30-9-5-2-6-10-30/h2,5-6,9-12,16-17,21-24,27,32-33H,1,3-4,7-8,13-15,18-20,25-26H2,(H3,37,38)(H,39,42)/t32-,33-/m0/s1. The van der Waals surface area contributed by atoms with Gasteiger partial charge in [0.25, 0.3) is 0 Å². The van der Waals surface area contributed by atoms with Crippen molar-refractivity contribution >= 4 is 27.4 Å². The van der Waals surface area contributed by atoms with Gasteiger partial charge in [0.05, 0.1) is 23.5 Å². The highest BCUT2D eigenvalue weighted by atomic mass is 32.2. The summed E-state index contributed by atoms with van der Waals surface area (Å²) in [7, 11) is -3.66. The van der Waals surface area contributed by atoms with Crippen LogP contribution in [-0.4, -0.2) is 37.7 Å². The van der Waals surface area contributed by atoms with Crippen molar-refractivity contribution in [3.8, 4) is 0 Å². The summed E-state index contributed by atoms with van der Waals surface area (Å²) >= 11 is 0. The van der Waals surface area contributed by atoms with Crippen LogP contribution in [-0.2, 0) is 38.0 Å².